The van der Waals surface area contributed by atoms with Gasteiger partial charge in [0.25, 0.3) is 0 Å². The molecule has 0 aliphatic carbocycles. The van der Waals surface area contributed by atoms with Crippen LogP contribution in [0.15, 0.2) is 18.3 Å². The van der Waals surface area contributed by atoms with Crippen LogP contribution in [0.2, 0.25) is 0 Å². The molecule has 2 rings (SSSR count). The first-order valence-electron chi connectivity index (χ1n) is 5.42. The molecule has 4 N–H and O–H groups in total. The lowest BCUT2D eigenvalue weighted by Crippen LogP contribution is -2.41. The SMILES string of the molecule is NC(=O)[C@@H]1CCCN(c2ccnc(N)c2)C1. The Morgan fingerprint density at radius 3 is 3.06 bits per heavy atom. The van der Waals surface area contributed by atoms with Gasteiger partial charge in [-0.3, -0.25) is 4.79 Å². The lowest BCUT2D eigenvalue weighted by molar-refractivity contribution is -0.122. The molecule has 5 nitrogen and oxygen atoms in total. The van der Waals surface area contributed by atoms with E-state index in [1.165, 1.54) is 0 Å². The number of piperidine rings is 1. The molecule has 16 heavy (non-hydrogen) atoms. The summed E-state index contributed by atoms with van der Waals surface area (Å²) >= 11 is 0. The Balaban J connectivity index is 2.12. The van der Waals surface area contributed by atoms with E-state index in [9.17, 15) is 4.79 Å². The van der Waals surface area contributed by atoms with Crippen molar-refractivity contribution in [1.82, 2.24) is 4.98 Å². The number of rotatable bonds is 2. The van der Waals surface area contributed by atoms with Gasteiger partial charge in [0.05, 0.1) is 5.92 Å². The number of hydrogen-bond donors (Lipinski definition) is 2. The van der Waals surface area contributed by atoms with Crippen molar-refractivity contribution in [2.24, 2.45) is 11.7 Å². The number of nitrogens with two attached hydrogens (primary N) is 2. The van der Waals surface area contributed by atoms with Gasteiger partial charge in [-0.15, -0.1) is 0 Å². The number of carbonyl (C=O) groups excluding carboxylic acids is 1. The summed E-state index contributed by atoms with van der Waals surface area (Å²) in [6.45, 7) is 1.62. The third-order valence-corrected chi connectivity index (χ3v) is 2.95. The molecule has 1 aromatic heterocycles. The third kappa shape index (κ3) is 2.24. The van der Waals surface area contributed by atoms with Crippen LogP contribution in [0.1, 0.15) is 12.8 Å². The predicted octanol–water partition coefficient (Wildman–Crippen LogP) is 0.365. The van der Waals surface area contributed by atoms with Gasteiger partial charge in [-0.2, -0.15) is 0 Å². The highest BCUT2D eigenvalue weighted by molar-refractivity contribution is 5.77. The van der Waals surface area contributed by atoms with E-state index < -0.39 is 0 Å². The first-order valence-corrected chi connectivity index (χ1v) is 5.42. The number of nitrogens with zero attached hydrogens (tertiary/aromatic N) is 2. The minimum Gasteiger partial charge on any atom is -0.384 e. The number of pyridine rings is 1. The van der Waals surface area contributed by atoms with Gasteiger partial charge in [0.1, 0.15) is 5.82 Å². The second kappa shape index (κ2) is 4.38. The van der Waals surface area contributed by atoms with Crippen molar-refractivity contribution in [3.05, 3.63) is 18.3 Å². The molecular formula is C11H16N4O. The molecule has 0 radical (unpaired) electrons. The molecule has 0 spiro atoms. The number of primary amides is 1. The Kier molecular flexibility index (Phi) is 2.94. The van der Waals surface area contributed by atoms with Crippen molar-refractivity contribution in [3.63, 3.8) is 0 Å². The van der Waals surface area contributed by atoms with Crippen LogP contribution in [0.25, 0.3) is 0 Å². The molecule has 0 unspecified atom stereocenters. The minimum atomic E-state index is -0.216. The van der Waals surface area contributed by atoms with E-state index in [0.29, 0.717) is 12.4 Å². The number of nitrogen functional groups attached to an aromatic ring is 1. The van der Waals surface area contributed by atoms with Crippen molar-refractivity contribution < 1.29 is 4.79 Å². The number of amides is 1. The molecule has 1 aliphatic heterocycles. The summed E-state index contributed by atoms with van der Waals surface area (Å²) in [5.74, 6) is 0.230. The molecule has 1 saturated heterocycles. The number of anilines is 2. The summed E-state index contributed by atoms with van der Waals surface area (Å²) < 4.78 is 0. The predicted molar refractivity (Wildman–Crippen MR) is 62.8 cm³/mol. The summed E-state index contributed by atoms with van der Waals surface area (Å²) in [6.07, 6.45) is 3.54. The average Bonchev–Trinajstić information content (AvgIpc) is 2.29. The highest BCUT2D eigenvalue weighted by Crippen LogP contribution is 2.23. The van der Waals surface area contributed by atoms with Crippen molar-refractivity contribution in [2.45, 2.75) is 12.8 Å². The molecule has 0 saturated carbocycles. The summed E-state index contributed by atoms with van der Waals surface area (Å²) in [7, 11) is 0. The quantitative estimate of drug-likeness (QED) is 0.753. The summed E-state index contributed by atoms with van der Waals surface area (Å²) in [4.78, 5) is 17.2. The zero-order chi connectivity index (χ0) is 11.5. The molecule has 2 heterocycles. The Bertz CT molecular complexity index is 393. The van der Waals surface area contributed by atoms with Gasteiger partial charge in [0.15, 0.2) is 0 Å². The Morgan fingerprint density at radius 1 is 1.56 bits per heavy atom. The second-order valence-corrected chi connectivity index (χ2v) is 4.13. The smallest absolute Gasteiger partial charge is 0.222 e. The molecule has 5 heteroatoms. The molecule has 1 amide bonds. The molecular weight excluding hydrogens is 204 g/mol. The second-order valence-electron chi connectivity index (χ2n) is 4.13. The Hall–Kier alpha value is -1.78. The van der Waals surface area contributed by atoms with Crippen LogP contribution in [-0.4, -0.2) is 24.0 Å². The molecule has 1 aliphatic rings. The number of hydrogen-bond acceptors (Lipinski definition) is 4. The van der Waals surface area contributed by atoms with Crippen LogP contribution < -0.4 is 16.4 Å². The molecule has 0 aromatic carbocycles. The number of carbonyl (C=O) groups is 1. The maximum atomic E-state index is 11.2. The van der Waals surface area contributed by atoms with Gasteiger partial charge in [-0.25, -0.2) is 4.98 Å². The van der Waals surface area contributed by atoms with Gasteiger partial charge >= 0.3 is 0 Å². The minimum absolute atomic E-state index is 0.0526. The van der Waals surface area contributed by atoms with Crippen molar-refractivity contribution in [2.75, 3.05) is 23.7 Å². The third-order valence-electron chi connectivity index (χ3n) is 2.95. The van der Waals surface area contributed by atoms with Crippen LogP contribution in [0.5, 0.6) is 0 Å². The lowest BCUT2D eigenvalue weighted by Gasteiger charge is -2.32. The van der Waals surface area contributed by atoms with Crippen LogP contribution in [-0.2, 0) is 4.79 Å². The number of aromatic nitrogens is 1. The fourth-order valence-corrected chi connectivity index (χ4v) is 2.08. The largest absolute Gasteiger partial charge is 0.384 e. The fraction of sp³-hybridized carbons (Fsp3) is 0.455. The zero-order valence-corrected chi connectivity index (χ0v) is 9.10. The Morgan fingerprint density at radius 2 is 2.38 bits per heavy atom. The van der Waals surface area contributed by atoms with Gasteiger partial charge in [-0.05, 0) is 18.9 Å². The van der Waals surface area contributed by atoms with Gasteiger partial charge in [0, 0.05) is 31.0 Å². The van der Waals surface area contributed by atoms with Crippen molar-refractivity contribution in [3.8, 4) is 0 Å². The van der Waals surface area contributed by atoms with E-state index >= 15 is 0 Å². The monoisotopic (exact) mass is 220 g/mol. The van der Waals surface area contributed by atoms with E-state index in [0.717, 1.165) is 25.1 Å². The lowest BCUT2D eigenvalue weighted by atomic mass is 9.97. The highest BCUT2D eigenvalue weighted by atomic mass is 16.1. The van der Waals surface area contributed by atoms with Gasteiger partial charge in [-0.1, -0.05) is 0 Å². The summed E-state index contributed by atoms with van der Waals surface area (Å²) in [5.41, 5.74) is 12.0. The van der Waals surface area contributed by atoms with Crippen LogP contribution >= 0.6 is 0 Å². The van der Waals surface area contributed by atoms with E-state index in [-0.39, 0.29) is 11.8 Å². The molecule has 1 aromatic rings. The maximum absolute atomic E-state index is 11.2. The first kappa shape index (κ1) is 10.7. The maximum Gasteiger partial charge on any atom is 0.222 e. The highest BCUT2D eigenvalue weighted by Gasteiger charge is 2.24. The first-order chi connectivity index (χ1) is 7.66. The van der Waals surface area contributed by atoms with Crippen LogP contribution in [0.3, 0.4) is 0 Å². The van der Waals surface area contributed by atoms with Gasteiger partial charge in [0.2, 0.25) is 5.91 Å². The fourth-order valence-electron chi connectivity index (χ4n) is 2.08. The summed E-state index contributed by atoms with van der Waals surface area (Å²) in [6, 6.07) is 3.73. The van der Waals surface area contributed by atoms with E-state index in [1.54, 1.807) is 6.20 Å². The average molecular weight is 220 g/mol. The summed E-state index contributed by atoms with van der Waals surface area (Å²) in [5, 5.41) is 0. The van der Waals surface area contributed by atoms with E-state index in [4.69, 9.17) is 11.5 Å². The molecule has 0 bridgehead atoms. The standard InChI is InChI=1S/C11H16N4O/c12-10-6-9(3-4-14-10)15-5-1-2-8(7-15)11(13)16/h3-4,6,8H,1-2,5,7H2,(H2,12,14)(H2,13,16)/t8-/m1/s1. The molecule has 1 atom stereocenters. The van der Waals surface area contributed by atoms with Crippen LogP contribution in [0.4, 0.5) is 11.5 Å². The van der Waals surface area contributed by atoms with Gasteiger partial charge < -0.3 is 16.4 Å². The van der Waals surface area contributed by atoms with Crippen molar-refractivity contribution >= 4 is 17.4 Å². The van der Waals surface area contributed by atoms with Crippen LogP contribution in [0, 0.1) is 5.92 Å². The zero-order valence-electron chi connectivity index (χ0n) is 9.10. The topological polar surface area (TPSA) is 85.2 Å². The van der Waals surface area contributed by atoms with E-state index in [2.05, 4.69) is 9.88 Å². The molecule has 86 valence electrons. The van der Waals surface area contributed by atoms with Crippen molar-refractivity contribution in [1.29, 1.82) is 0 Å². The normalized spacial score (nSPS) is 20.8. The Labute approximate surface area is 94.4 Å². The van der Waals surface area contributed by atoms with E-state index in [1.807, 2.05) is 12.1 Å². The molecule has 1 fully saturated rings.